The number of ether oxygens (including phenoxy) is 4. The summed E-state index contributed by atoms with van der Waals surface area (Å²) in [5.74, 6) is 0.469. The maximum Gasteiger partial charge on any atom is 0.252 e. The highest BCUT2D eigenvalue weighted by molar-refractivity contribution is 5.84. The maximum absolute atomic E-state index is 13.1. The van der Waals surface area contributed by atoms with Crippen molar-refractivity contribution < 1.29 is 27.9 Å². The van der Waals surface area contributed by atoms with Gasteiger partial charge < -0.3 is 29.2 Å². The van der Waals surface area contributed by atoms with E-state index in [2.05, 4.69) is 15.4 Å². The van der Waals surface area contributed by atoms with Crippen LogP contribution >= 0.6 is 0 Å². The number of carbonyl (C=O) groups is 1. The number of amides is 1. The Morgan fingerprint density at radius 2 is 2.27 bits per heavy atom. The van der Waals surface area contributed by atoms with E-state index in [4.69, 9.17) is 23.1 Å². The van der Waals surface area contributed by atoms with Crippen LogP contribution in [0.4, 0.5) is 5.69 Å². The lowest BCUT2D eigenvalue weighted by molar-refractivity contribution is -0.138. The second kappa shape index (κ2) is 9.24. The first-order valence-corrected chi connectivity index (χ1v) is 10.8. The molecule has 0 spiro atoms. The van der Waals surface area contributed by atoms with E-state index in [9.17, 15) is 4.79 Å². The van der Waals surface area contributed by atoms with Gasteiger partial charge in [0.15, 0.2) is 5.65 Å². The molecule has 1 saturated heterocycles. The molecule has 2 aliphatic rings. The number of fused-ring (bicyclic) bond motifs is 5. The first-order chi connectivity index (χ1) is 17.3. The van der Waals surface area contributed by atoms with Crippen LogP contribution in [0.5, 0.6) is 11.6 Å². The van der Waals surface area contributed by atoms with Crippen molar-refractivity contribution in [3.05, 3.63) is 36.7 Å². The second-order valence-corrected chi connectivity index (χ2v) is 7.95. The third kappa shape index (κ3) is 4.31. The van der Waals surface area contributed by atoms with Gasteiger partial charge in [-0.1, -0.05) is 0 Å². The fourth-order valence-corrected chi connectivity index (χ4v) is 4.26. The molecule has 0 saturated carbocycles. The molecule has 5 rings (SSSR count). The van der Waals surface area contributed by atoms with Gasteiger partial charge in [-0.05, 0) is 17.7 Å². The number of nitrogens with one attached hydrogen (secondary N) is 1. The van der Waals surface area contributed by atoms with Crippen LogP contribution in [-0.2, 0) is 14.3 Å². The monoisotopic (exact) mass is 456 g/mol. The summed E-state index contributed by atoms with van der Waals surface area (Å²) in [6, 6.07) is 6.64. The lowest BCUT2D eigenvalue weighted by atomic mass is 10.1. The second-order valence-electron chi connectivity index (χ2n) is 7.95. The van der Waals surface area contributed by atoms with E-state index < -0.39 is 13.1 Å². The van der Waals surface area contributed by atoms with Crippen LogP contribution in [0.3, 0.4) is 0 Å². The zero-order valence-electron chi connectivity index (χ0n) is 21.2. The van der Waals surface area contributed by atoms with E-state index in [1.165, 1.54) is 0 Å². The molecular weight excluding hydrogens is 426 g/mol. The number of benzene rings is 1. The van der Waals surface area contributed by atoms with Crippen molar-refractivity contribution in [2.45, 2.75) is 18.6 Å². The third-order valence-corrected chi connectivity index (χ3v) is 5.88. The fraction of sp³-hybridized carbons (Fsp3) is 0.435. The summed E-state index contributed by atoms with van der Waals surface area (Å²) < 4.78 is 46.2. The average Bonchev–Trinajstić information content (AvgIpc) is 3.37. The molecule has 0 aliphatic carbocycles. The molecule has 0 radical (unpaired) electrons. The zero-order valence-corrected chi connectivity index (χ0v) is 18.2. The van der Waals surface area contributed by atoms with Crippen LogP contribution in [0.25, 0.3) is 16.8 Å². The molecule has 1 N–H and O–H groups in total. The molecule has 1 aromatic carbocycles. The third-order valence-electron chi connectivity index (χ3n) is 5.88. The van der Waals surface area contributed by atoms with Gasteiger partial charge in [0.05, 0.1) is 36.6 Å². The Hall–Kier alpha value is -3.37. The van der Waals surface area contributed by atoms with Gasteiger partial charge in [0.2, 0.25) is 5.88 Å². The van der Waals surface area contributed by atoms with E-state index in [0.29, 0.717) is 61.1 Å². The zero-order chi connectivity index (χ0) is 25.3. The van der Waals surface area contributed by atoms with Gasteiger partial charge in [-0.3, -0.25) is 4.79 Å². The first kappa shape index (κ1) is 18.1. The minimum absolute atomic E-state index is 0.102. The molecule has 1 fully saturated rings. The molecule has 4 heterocycles. The van der Waals surface area contributed by atoms with Crippen molar-refractivity contribution in [3.8, 4) is 22.8 Å². The van der Waals surface area contributed by atoms with Gasteiger partial charge in [0.25, 0.3) is 5.91 Å². The Labute approximate surface area is 195 Å². The van der Waals surface area contributed by atoms with E-state index in [1.807, 2.05) is 6.07 Å². The van der Waals surface area contributed by atoms with Crippen LogP contribution in [0.1, 0.15) is 10.5 Å². The van der Waals surface area contributed by atoms with E-state index in [1.54, 1.807) is 47.1 Å². The molecule has 2 aliphatic heterocycles. The van der Waals surface area contributed by atoms with Crippen molar-refractivity contribution in [2.24, 2.45) is 0 Å². The van der Waals surface area contributed by atoms with E-state index in [0.717, 1.165) is 0 Å². The molecule has 3 aromatic rings. The van der Waals surface area contributed by atoms with E-state index in [-0.39, 0.29) is 24.3 Å². The molecule has 4 bridgehead atoms. The van der Waals surface area contributed by atoms with Crippen LogP contribution < -0.4 is 14.8 Å². The molecule has 33 heavy (non-hydrogen) atoms. The minimum Gasteiger partial charge on any atom is -0.497 e. The van der Waals surface area contributed by atoms with Crippen molar-refractivity contribution >= 4 is 17.2 Å². The Morgan fingerprint density at radius 3 is 3.15 bits per heavy atom. The molecule has 2 aromatic heterocycles. The number of carbonyl (C=O) groups excluding carboxylic acids is 1. The van der Waals surface area contributed by atoms with Gasteiger partial charge in [-0.2, -0.15) is 10.1 Å². The quantitative estimate of drug-likeness (QED) is 0.581. The first-order valence-electron chi connectivity index (χ1n) is 12.3. The predicted octanol–water partition coefficient (Wildman–Crippen LogP) is 1.84. The summed E-state index contributed by atoms with van der Waals surface area (Å²) in [6.45, 7) is 1.83. The highest BCUT2D eigenvalue weighted by Crippen LogP contribution is 2.32. The molecule has 1 unspecified atom stereocenters. The van der Waals surface area contributed by atoms with Gasteiger partial charge in [-0.25, -0.2) is 4.52 Å². The molecule has 10 nitrogen and oxygen atoms in total. The fourth-order valence-electron chi connectivity index (χ4n) is 4.26. The normalized spacial score (nSPS) is 22.0. The lowest BCUT2D eigenvalue weighted by Crippen LogP contribution is -2.41. The highest BCUT2D eigenvalue weighted by Gasteiger charge is 2.40. The molecule has 2 atom stereocenters. The summed E-state index contributed by atoms with van der Waals surface area (Å²) in [5.41, 5.74) is 2.56. The topological polar surface area (TPSA) is 99.5 Å². The Bertz CT molecular complexity index is 1250. The SMILES string of the molecule is [2H]C([2H])([2H])Oc1cc2cc(c1)-c1cnn3ccc(nc13)OC[C@@H]1CC(OCCOC)C(=O)N1CCN2. The highest BCUT2D eigenvalue weighted by atomic mass is 16.5. The van der Waals surface area contributed by atoms with Crippen LogP contribution in [-0.4, -0.2) is 84.6 Å². The smallest absolute Gasteiger partial charge is 0.252 e. The van der Waals surface area contributed by atoms with Gasteiger partial charge in [0, 0.05) is 56.2 Å². The van der Waals surface area contributed by atoms with Gasteiger partial charge in [0.1, 0.15) is 18.5 Å². The molecule has 174 valence electrons. The van der Waals surface area contributed by atoms with Crippen LogP contribution in [0.2, 0.25) is 0 Å². The predicted molar refractivity (Wildman–Crippen MR) is 121 cm³/mol. The van der Waals surface area contributed by atoms with Crippen molar-refractivity contribution in [1.29, 1.82) is 0 Å². The van der Waals surface area contributed by atoms with Crippen LogP contribution in [0, 0.1) is 0 Å². The molecule has 1 amide bonds. The van der Waals surface area contributed by atoms with Crippen molar-refractivity contribution in [3.63, 3.8) is 0 Å². The van der Waals surface area contributed by atoms with Gasteiger partial charge in [-0.15, -0.1) is 0 Å². The average molecular weight is 457 g/mol. The van der Waals surface area contributed by atoms with E-state index >= 15 is 0 Å². The van der Waals surface area contributed by atoms with Crippen LogP contribution in [0.15, 0.2) is 36.7 Å². The maximum atomic E-state index is 13.1. The molecule has 10 heteroatoms. The number of anilines is 1. The Morgan fingerprint density at radius 1 is 1.33 bits per heavy atom. The summed E-state index contributed by atoms with van der Waals surface area (Å²) >= 11 is 0. The largest absolute Gasteiger partial charge is 0.497 e. The Kier molecular flexibility index (Phi) is 5.07. The number of aromatic nitrogens is 3. The summed E-state index contributed by atoms with van der Waals surface area (Å²) in [6.07, 6.45) is 3.33. The number of methoxy groups -OCH3 is 2. The summed E-state index contributed by atoms with van der Waals surface area (Å²) in [5, 5.41) is 7.65. The number of hydrogen-bond acceptors (Lipinski definition) is 8. The molecular formula is C23H27N5O5. The number of hydrogen-bond donors (Lipinski definition) is 1. The lowest BCUT2D eigenvalue weighted by Gasteiger charge is -2.25. The summed E-state index contributed by atoms with van der Waals surface area (Å²) in [7, 11) is -1.02. The summed E-state index contributed by atoms with van der Waals surface area (Å²) in [4.78, 5) is 19.5. The number of nitrogens with zero attached hydrogens (tertiary/aromatic N) is 4. The Balaban J connectivity index is 1.50. The number of rotatable bonds is 5. The van der Waals surface area contributed by atoms with Crippen molar-refractivity contribution in [1.82, 2.24) is 19.5 Å². The standard InChI is InChI=1S/C23H27N5O5/c1-30-7-8-32-20-12-17-14-33-21-3-5-28-22(26-21)19(13-25-28)15-9-16(11-18(10-15)31-2)24-4-6-27(17)23(20)29/h3,5,9-11,13,17,20,24H,4,6-8,12,14H2,1-2H3/t17-,20?/m0/s1/i2D3. The van der Waals surface area contributed by atoms with Gasteiger partial charge >= 0.3 is 0 Å². The minimum atomic E-state index is -2.61. The van der Waals surface area contributed by atoms with Crippen molar-refractivity contribution in [2.75, 3.05) is 52.4 Å².